The second-order valence-corrected chi connectivity index (χ2v) is 9.25. The Bertz CT molecular complexity index is 1080. The largest absolute Gasteiger partial charge is 0.469 e. The number of furan rings is 1. The lowest BCUT2D eigenvalue weighted by Crippen LogP contribution is -2.35. The first-order chi connectivity index (χ1) is 14.0. The third-order valence-electron chi connectivity index (χ3n) is 5.28. The van der Waals surface area contributed by atoms with Crippen molar-refractivity contribution < 1.29 is 17.6 Å². The lowest BCUT2D eigenvalue weighted by Gasteiger charge is -2.25. The number of benzene rings is 1. The molecule has 0 atom stereocenters. The van der Waals surface area contributed by atoms with Crippen LogP contribution in [0.4, 0.5) is 0 Å². The Kier molecular flexibility index (Phi) is 5.73. The molecule has 0 saturated carbocycles. The minimum atomic E-state index is -3.46. The monoisotopic (exact) mass is 415 g/mol. The molecule has 4 rings (SSSR count). The zero-order valence-corrected chi connectivity index (χ0v) is 17.0. The number of hydrogen-bond acceptors (Lipinski definition) is 4. The second-order valence-electron chi connectivity index (χ2n) is 7.31. The first-order valence-corrected chi connectivity index (χ1v) is 11.4. The molecule has 1 amide bonds. The number of hydrogen-bond donors (Lipinski definition) is 1. The molecule has 7 nitrogen and oxygen atoms in total. The van der Waals surface area contributed by atoms with Crippen LogP contribution in [0.1, 0.15) is 25.0 Å². The van der Waals surface area contributed by atoms with Crippen LogP contribution in [-0.4, -0.2) is 42.8 Å². The van der Waals surface area contributed by atoms with Crippen molar-refractivity contribution in [2.75, 3.05) is 19.6 Å². The Morgan fingerprint density at radius 1 is 1.10 bits per heavy atom. The van der Waals surface area contributed by atoms with E-state index in [4.69, 9.17) is 4.42 Å². The number of sulfonamides is 1. The Hall–Kier alpha value is -2.58. The summed E-state index contributed by atoms with van der Waals surface area (Å²) in [4.78, 5) is 12.6. The van der Waals surface area contributed by atoms with E-state index >= 15 is 0 Å². The third-order valence-corrected chi connectivity index (χ3v) is 7.18. The molecule has 1 aromatic carbocycles. The average molecular weight is 416 g/mol. The number of fused-ring (bicyclic) bond motifs is 1. The fourth-order valence-electron chi connectivity index (χ4n) is 3.72. The molecule has 2 aromatic heterocycles. The second kappa shape index (κ2) is 8.42. The van der Waals surface area contributed by atoms with E-state index in [9.17, 15) is 13.2 Å². The van der Waals surface area contributed by atoms with Gasteiger partial charge in [0, 0.05) is 43.2 Å². The molecule has 1 aliphatic rings. The number of amides is 1. The number of nitrogens with zero attached hydrogens (tertiary/aromatic N) is 2. The third kappa shape index (κ3) is 4.38. The first-order valence-electron chi connectivity index (χ1n) is 9.92. The maximum atomic E-state index is 12.9. The Labute approximate surface area is 170 Å². The number of rotatable bonds is 7. The molecule has 0 unspecified atom stereocenters. The number of piperidine rings is 1. The SMILES string of the molecule is O=C(Cn1ccc2cc(S(=O)(=O)N3CCCCC3)ccc21)NCCc1ccco1. The molecule has 8 heteroatoms. The lowest BCUT2D eigenvalue weighted by atomic mass is 10.2. The molecule has 29 heavy (non-hydrogen) atoms. The summed E-state index contributed by atoms with van der Waals surface area (Å²) < 4.78 is 34.4. The summed E-state index contributed by atoms with van der Waals surface area (Å²) in [5.41, 5.74) is 0.837. The van der Waals surface area contributed by atoms with E-state index < -0.39 is 10.0 Å². The highest BCUT2D eigenvalue weighted by molar-refractivity contribution is 7.89. The van der Waals surface area contributed by atoms with E-state index in [-0.39, 0.29) is 12.5 Å². The molecule has 1 fully saturated rings. The Morgan fingerprint density at radius 2 is 1.93 bits per heavy atom. The van der Waals surface area contributed by atoms with Crippen molar-refractivity contribution in [1.82, 2.24) is 14.2 Å². The summed E-state index contributed by atoms with van der Waals surface area (Å²) in [5.74, 6) is 0.734. The number of nitrogens with one attached hydrogen (secondary N) is 1. The van der Waals surface area contributed by atoms with Crippen molar-refractivity contribution >= 4 is 26.8 Å². The molecule has 0 radical (unpaired) electrons. The predicted molar refractivity (Wildman–Crippen MR) is 110 cm³/mol. The van der Waals surface area contributed by atoms with Gasteiger partial charge in [-0.2, -0.15) is 4.31 Å². The van der Waals surface area contributed by atoms with E-state index in [1.807, 2.05) is 29.0 Å². The van der Waals surface area contributed by atoms with Crippen LogP contribution in [0.3, 0.4) is 0 Å². The van der Waals surface area contributed by atoms with Gasteiger partial charge in [0.05, 0.1) is 11.2 Å². The van der Waals surface area contributed by atoms with Crippen LogP contribution in [0.15, 0.2) is 58.2 Å². The van der Waals surface area contributed by atoms with Crippen molar-refractivity contribution in [3.8, 4) is 0 Å². The van der Waals surface area contributed by atoms with E-state index in [0.29, 0.717) is 31.0 Å². The summed E-state index contributed by atoms with van der Waals surface area (Å²) in [7, 11) is -3.46. The fraction of sp³-hybridized carbons (Fsp3) is 0.381. The molecule has 1 saturated heterocycles. The van der Waals surface area contributed by atoms with Gasteiger partial charge in [-0.05, 0) is 49.2 Å². The highest BCUT2D eigenvalue weighted by Crippen LogP contribution is 2.25. The van der Waals surface area contributed by atoms with Crippen LogP contribution >= 0.6 is 0 Å². The van der Waals surface area contributed by atoms with Gasteiger partial charge < -0.3 is 14.3 Å². The van der Waals surface area contributed by atoms with Crippen LogP contribution in [-0.2, 0) is 27.8 Å². The maximum absolute atomic E-state index is 12.9. The molecule has 154 valence electrons. The van der Waals surface area contributed by atoms with Gasteiger partial charge in [-0.1, -0.05) is 6.42 Å². The Morgan fingerprint density at radius 3 is 2.69 bits per heavy atom. The highest BCUT2D eigenvalue weighted by Gasteiger charge is 2.26. The minimum absolute atomic E-state index is 0.0981. The van der Waals surface area contributed by atoms with E-state index in [1.165, 1.54) is 0 Å². The standard InChI is InChI=1S/C21H25N3O4S/c25-21(22-10-8-18-5-4-14-28-18)16-23-13-9-17-15-19(6-7-20(17)23)29(26,27)24-11-2-1-3-12-24/h4-7,9,13-15H,1-3,8,10-12,16H2,(H,22,25). The fourth-order valence-corrected chi connectivity index (χ4v) is 5.27. The minimum Gasteiger partial charge on any atom is -0.469 e. The summed E-state index contributed by atoms with van der Waals surface area (Å²) in [6, 6.07) is 10.7. The van der Waals surface area contributed by atoms with E-state index in [2.05, 4.69) is 5.32 Å². The zero-order chi connectivity index (χ0) is 20.3. The van der Waals surface area contributed by atoms with Crippen molar-refractivity contribution in [1.29, 1.82) is 0 Å². The molecule has 3 heterocycles. The number of carbonyl (C=O) groups excluding carboxylic acids is 1. The average Bonchev–Trinajstić information content (AvgIpc) is 3.38. The number of aromatic nitrogens is 1. The van der Waals surface area contributed by atoms with Gasteiger partial charge in [0.2, 0.25) is 15.9 Å². The molecule has 1 aliphatic heterocycles. The van der Waals surface area contributed by atoms with Crippen molar-refractivity contribution in [2.45, 2.75) is 37.1 Å². The van der Waals surface area contributed by atoms with Gasteiger partial charge in [-0.3, -0.25) is 4.79 Å². The van der Waals surface area contributed by atoms with Crippen LogP contribution < -0.4 is 5.32 Å². The Balaban J connectivity index is 1.43. The quantitative estimate of drug-likeness (QED) is 0.643. The van der Waals surface area contributed by atoms with Crippen molar-refractivity contribution in [3.05, 3.63) is 54.6 Å². The molecule has 1 N–H and O–H groups in total. The van der Waals surface area contributed by atoms with Gasteiger partial charge >= 0.3 is 0 Å². The molecule has 0 spiro atoms. The molecular formula is C21H25N3O4S. The van der Waals surface area contributed by atoms with Crippen LogP contribution in [0, 0.1) is 0 Å². The zero-order valence-electron chi connectivity index (χ0n) is 16.2. The van der Waals surface area contributed by atoms with E-state index in [0.717, 1.165) is 35.9 Å². The van der Waals surface area contributed by atoms with Crippen LogP contribution in [0.2, 0.25) is 0 Å². The number of carbonyl (C=O) groups is 1. The van der Waals surface area contributed by atoms with Gasteiger partial charge in [-0.15, -0.1) is 0 Å². The highest BCUT2D eigenvalue weighted by atomic mass is 32.2. The summed E-state index contributed by atoms with van der Waals surface area (Å²) >= 11 is 0. The van der Waals surface area contributed by atoms with Gasteiger partial charge in [-0.25, -0.2) is 8.42 Å². The summed E-state index contributed by atoms with van der Waals surface area (Å²) in [6.07, 6.45) is 6.97. The van der Waals surface area contributed by atoms with Gasteiger partial charge in [0.1, 0.15) is 12.3 Å². The molecule has 3 aromatic rings. The summed E-state index contributed by atoms with van der Waals surface area (Å²) in [6.45, 7) is 1.85. The van der Waals surface area contributed by atoms with Crippen molar-refractivity contribution in [3.63, 3.8) is 0 Å². The van der Waals surface area contributed by atoms with Crippen molar-refractivity contribution in [2.24, 2.45) is 0 Å². The van der Waals surface area contributed by atoms with Crippen LogP contribution in [0.5, 0.6) is 0 Å². The predicted octanol–water partition coefficient (Wildman–Crippen LogP) is 2.77. The smallest absolute Gasteiger partial charge is 0.243 e. The molecule has 0 aliphatic carbocycles. The maximum Gasteiger partial charge on any atom is 0.243 e. The molecular weight excluding hydrogens is 390 g/mol. The first kappa shape index (κ1) is 19.7. The summed E-state index contributed by atoms with van der Waals surface area (Å²) in [5, 5.41) is 3.69. The lowest BCUT2D eigenvalue weighted by molar-refractivity contribution is -0.121. The van der Waals surface area contributed by atoms with E-state index in [1.54, 1.807) is 28.8 Å². The van der Waals surface area contributed by atoms with Crippen LogP contribution in [0.25, 0.3) is 10.9 Å². The molecule has 0 bridgehead atoms. The normalized spacial score (nSPS) is 15.6. The van der Waals surface area contributed by atoms with Gasteiger partial charge in [0.15, 0.2) is 0 Å². The topological polar surface area (TPSA) is 84.5 Å². The van der Waals surface area contributed by atoms with Gasteiger partial charge in [0.25, 0.3) is 0 Å².